The molecule has 4 aromatic carbocycles. The fraction of sp³-hybridized carbons (Fsp3) is 0.0385. The molecule has 1 aliphatic rings. The Morgan fingerprint density at radius 1 is 0.909 bits per heavy atom. The van der Waals surface area contributed by atoms with E-state index in [2.05, 4.69) is 16.7 Å². The largest absolute Gasteiger partial charge is 0.329 e. The van der Waals surface area contributed by atoms with Crippen molar-refractivity contribution in [3.8, 4) is 0 Å². The van der Waals surface area contributed by atoms with E-state index in [1.165, 1.54) is 0 Å². The summed E-state index contributed by atoms with van der Waals surface area (Å²) in [6.07, 6.45) is 1.68. The Bertz CT molecular complexity index is 1410. The molecular weight excluding hydrogens is 438 g/mol. The van der Waals surface area contributed by atoms with Crippen molar-refractivity contribution in [2.75, 3.05) is 11.9 Å². The number of imide groups is 1. The second-order valence-corrected chi connectivity index (χ2v) is 8.10. The molecule has 0 atom stereocenters. The molecule has 0 unspecified atom stereocenters. The summed E-state index contributed by atoms with van der Waals surface area (Å²) in [6.45, 7) is -0.402. The SMILES string of the molecule is O=C(CN1C(=O)N/C(=C\c2c3ccccc3cc3ccccc23)C1=O)Nc1ccc(Cl)cc1. The Hall–Kier alpha value is -4.16. The number of anilines is 1. The number of fused-ring (bicyclic) bond motifs is 2. The van der Waals surface area contributed by atoms with Gasteiger partial charge in [0.05, 0.1) is 0 Å². The van der Waals surface area contributed by atoms with Crippen molar-refractivity contribution in [2.45, 2.75) is 0 Å². The molecule has 1 saturated heterocycles. The topological polar surface area (TPSA) is 78.5 Å². The van der Waals surface area contributed by atoms with Gasteiger partial charge in [-0.3, -0.25) is 9.59 Å². The first-order valence-electron chi connectivity index (χ1n) is 10.3. The maximum Gasteiger partial charge on any atom is 0.329 e. The Morgan fingerprint density at radius 3 is 2.15 bits per heavy atom. The standard InChI is InChI=1S/C26H18ClN3O3/c27-18-9-11-19(12-10-18)28-24(31)15-30-25(32)23(29-26(30)33)14-22-20-7-3-1-5-16(20)13-17-6-2-4-8-21(17)22/h1-14H,15H2,(H,28,31)(H,29,33)/b23-14-. The molecule has 1 heterocycles. The van der Waals surface area contributed by atoms with Crippen molar-refractivity contribution >= 4 is 62.8 Å². The first-order valence-corrected chi connectivity index (χ1v) is 10.7. The summed E-state index contributed by atoms with van der Waals surface area (Å²) < 4.78 is 0. The van der Waals surface area contributed by atoms with Crippen LogP contribution in [0.3, 0.4) is 0 Å². The summed E-state index contributed by atoms with van der Waals surface area (Å²) in [4.78, 5) is 38.8. The fourth-order valence-corrected chi connectivity index (χ4v) is 4.07. The molecule has 4 aromatic rings. The van der Waals surface area contributed by atoms with Crippen LogP contribution in [-0.4, -0.2) is 29.3 Å². The Labute approximate surface area is 194 Å². The van der Waals surface area contributed by atoms with Crippen LogP contribution < -0.4 is 10.6 Å². The van der Waals surface area contributed by atoms with E-state index < -0.39 is 24.4 Å². The number of halogens is 1. The third-order valence-electron chi connectivity index (χ3n) is 5.49. The van der Waals surface area contributed by atoms with Crippen LogP contribution in [0.5, 0.6) is 0 Å². The number of hydrogen-bond donors (Lipinski definition) is 2. The van der Waals surface area contributed by atoms with E-state index in [1.54, 1.807) is 30.3 Å². The van der Waals surface area contributed by atoms with Crippen LogP contribution in [0.1, 0.15) is 5.56 Å². The van der Waals surface area contributed by atoms with Crippen LogP contribution >= 0.6 is 11.6 Å². The number of rotatable bonds is 4. The van der Waals surface area contributed by atoms with Crippen LogP contribution in [0.2, 0.25) is 5.02 Å². The Morgan fingerprint density at radius 2 is 1.52 bits per heavy atom. The maximum absolute atomic E-state index is 13.0. The highest BCUT2D eigenvalue weighted by Gasteiger charge is 2.35. The zero-order chi connectivity index (χ0) is 22.9. The molecule has 2 N–H and O–H groups in total. The summed E-state index contributed by atoms with van der Waals surface area (Å²) in [6, 6.07) is 23.8. The minimum absolute atomic E-state index is 0.126. The molecule has 0 radical (unpaired) electrons. The lowest BCUT2D eigenvalue weighted by Crippen LogP contribution is -2.38. The van der Waals surface area contributed by atoms with Crippen LogP contribution in [0.15, 0.2) is 84.6 Å². The summed E-state index contributed by atoms with van der Waals surface area (Å²) in [5, 5.41) is 9.79. The zero-order valence-corrected chi connectivity index (χ0v) is 18.1. The maximum atomic E-state index is 13.0. The van der Waals surface area contributed by atoms with E-state index in [9.17, 15) is 14.4 Å². The zero-order valence-electron chi connectivity index (χ0n) is 17.3. The van der Waals surface area contributed by atoms with Gasteiger partial charge in [-0.1, -0.05) is 60.1 Å². The lowest BCUT2D eigenvalue weighted by molar-refractivity contribution is -0.127. The summed E-state index contributed by atoms with van der Waals surface area (Å²) in [5.74, 6) is -1.04. The van der Waals surface area contributed by atoms with Gasteiger partial charge in [-0.05, 0) is 63.5 Å². The average Bonchev–Trinajstić information content (AvgIpc) is 3.07. The number of nitrogens with zero attached hydrogens (tertiary/aromatic N) is 1. The van der Waals surface area contributed by atoms with Crippen molar-refractivity contribution in [3.63, 3.8) is 0 Å². The van der Waals surface area contributed by atoms with Gasteiger partial charge in [0.25, 0.3) is 5.91 Å². The minimum Gasteiger partial charge on any atom is -0.325 e. The lowest BCUT2D eigenvalue weighted by Gasteiger charge is -2.12. The third kappa shape index (κ3) is 4.04. The van der Waals surface area contributed by atoms with E-state index in [1.807, 2.05) is 48.5 Å². The molecule has 33 heavy (non-hydrogen) atoms. The van der Waals surface area contributed by atoms with E-state index >= 15 is 0 Å². The number of urea groups is 1. The quantitative estimate of drug-likeness (QED) is 0.253. The van der Waals surface area contributed by atoms with Gasteiger partial charge in [0.15, 0.2) is 0 Å². The number of hydrogen-bond acceptors (Lipinski definition) is 3. The predicted molar refractivity (Wildman–Crippen MR) is 130 cm³/mol. The van der Waals surface area contributed by atoms with Gasteiger partial charge in [0.1, 0.15) is 12.2 Å². The normalized spacial score (nSPS) is 14.8. The van der Waals surface area contributed by atoms with Gasteiger partial charge >= 0.3 is 6.03 Å². The highest BCUT2D eigenvalue weighted by atomic mass is 35.5. The van der Waals surface area contributed by atoms with Crippen molar-refractivity contribution in [1.82, 2.24) is 10.2 Å². The van der Waals surface area contributed by atoms with Crippen molar-refractivity contribution in [3.05, 3.63) is 95.1 Å². The van der Waals surface area contributed by atoms with Gasteiger partial charge in [0.2, 0.25) is 5.91 Å². The second-order valence-electron chi connectivity index (χ2n) is 7.67. The molecule has 1 fully saturated rings. The first-order chi connectivity index (χ1) is 16.0. The van der Waals surface area contributed by atoms with E-state index in [0.717, 1.165) is 32.0 Å². The molecule has 0 spiro atoms. The monoisotopic (exact) mass is 455 g/mol. The van der Waals surface area contributed by atoms with Gasteiger partial charge in [-0.2, -0.15) is 0 Å². The number of benzene rings is 4. The molecule has 0 bridgehead atoms. The highest BCUT2D eigenvalue weighted by Crippen LogP contribution is 2.30. The van der Waals surface area contributed by atoms with Gasteiger partial charge in [0, 0.05) is 10.7 Å². The first kappa shape index (κ1) is 20.7. The van der Waals surface area contributed by atoms with E-state index in [4.69, 9.17) is 11.6 Å². The molecule has 6 nitrogen and oxygen atoms in total. The van der Waals surface area contributed by atoms with E-state index in [-0.39, 0.29) is 5.70 Å². The van der Waals surface area contributed by atoms with Gasteiger partial charge in [-0.25, -0.2) is 9.69 Å². The molecule has 1 aliphatic heterocycles. The van der Waals surface area contributed by atoms with Crippen molar-refractivity contribution in [2.24, 2.45) is 0 Å². The summed E-state index contributed by atoms with van der Waals surface area (Å²) in [5.41, 5.74) is 1.48. The summed E-state index contributed by atoms with van der Waals surface area (Å²) >= 11 is 5.85. The average molecular weight is 456 g/mol. The Kier molecular flexibility index (Phi) is 5.28. The number of nitrogens with one attached hydrogen (secondary N) is 2. The van der Waals surface area contributed by atoms with Crippen molar-refractivity contribution < 1.29 is 14.4 Å². The smallest absolute Gasteiger partial charge is 0.325 e. The van der Waals surface area contributed by atoms with Crippen LogP contribution in [-0.2, 0) is 9.59 Å². The minimum atomic E-state index is -0.637. The van der Waals surface area contributed by atoms with E-state index in [0.29, 0.717) is 10.7 Å². The van der Waals surface area contributed by atoms with Gasteiger partial charge < -0.3 is 10.6 Å². The molecule has 0 aliphatic carbocycles. The highest BCUT2D eigenvalue weighted by molar-refractivity contribution is 6.30. The molecular formula is C26H18ClN3O3. The molecule has 4 amide bonds. The lowest BCUT2D eigenvalue weighted by atomic mass is 9.96. The molecule has 0 saturated carbocycles. The fourth-order valence-electron chi connectivity index (χ4n) is 3.94. The number of carbonyl (C=O) groups is 3. The molecule has 162 valence electrons. The molecule has 0 aromatic heterocycles. The summed E-state index contributed by atoms with van der Waals surface area (Å²) in [7, 11) is 0. The van der Waals surface area contributed by atoms with Crippen LogP contribution in [0, 0.1) is 0 Å². The third-order valence-corrected chi connectivity index (χ3v) is 5.75. The van der Waals surface area contributed by atoms with Crippen LogP contribution in [0.4, 0.5) is 10.5 Å². The van der Waals surface area contributed by atoms with Crippen LogP contribution in [0.25, 0.3) is 27.6 Å². The molecule has 7 heteroatoms. The number of amides is 4. The van der Waals surface area contributed by atoms with Gasteiger partial charge in [-0.15, -0.1) is 0 Å². The number of carbonyl (C=O) groups excluding carboxylic acids is 3. The Balaban J connectivity index is 1.45. The van der Waals surface area contributed by atoms with Crippen molar-refractivity contribution in [1.29, 1.82) is 0 Å². The predicted octanol–water partition coefficient (Wildman–Crippen LogP) is 5.18. The second kappa shape index (κ2) is 8.41. The molecule has 5 rings (SSSR count).